The van der Waals surface area contributed by atoms with Crippen LogP contribution >= 0.6 is 15.8 Å². The number of nitrogens with two attached hydrogens (primary N) is 1. The molecule has 0 aromatic heterocycles. The van der Waals surface area contributed by atoms with Crippen LogP contribution in [-0.4, -0.2) is 24.6 Å². The summed E-state index contributed by atoms with van der Waals surface area (Å²) in [5.74, 6) is 0. The van der Waals surface area contributed by atoms with Crippen LogP contribution in [-0.2, 0) is 0 Å². The molecule has 0 heterocycles. The number of rotatable bonds is 8. The van der Waals surface area contributed by atoms with E-state index in [9.17, 15) is 0 Å². The Balaban J connectivity index is 3.25. The number of benzene rings is 1. The molecular formula is C18H33NP2. The molecule has 1 aromatic rings. The van der Waals surface area contributed by atoms with Crippen molar-refractivity contribution in [1.29, 1.82) is 0 Å². The predicted molar refractivity (Wildman–Crippen MR) is 104 cm³/mol. The molecule has 120 valence electrons. The van der Waals surface area contributed by atoms with Crippen LogP contribution in [0.1, 0.15) is 64.0 Å². The van der Waals surface area contributed by atoms with Gasteiger partial charge in [0, 0.05) is 17.0 Å². The average Bonchev–Trinajstić information content (AvgIpc) is 2.49. The maximum Gasteiger partial charge on any atom is 0.0355 e. The molecule has 2 unspecified atom stereocenters. The van der Waals surface area contributed by atoms with Crippen molar-refractivity contribution in [2.24, 2.45) is 0 Å². The standard InChI is InChI=1S/C18H33NP2/c1-7-20(8-2)14(5)16-12-11-13-17(19)18(16)15(6)21(9-3)10-4/h11-15H,7-10,19H2,1-6H3. The summed E-state index contributed by atoms with van der Waals surface area (Å²) in [5.41, 5.74) is 11.7. The fourth-order valence-corrected chi connectivity index (χ4v) is 7.74. The van der Waals surface area contributed by atoms with Crippen molar-refractivity contribution in [2.45, 2.75) is 52.9 Å². The quantitative estimate of drug-likeness (QED) is 0.432. The van der Waals surface area contributed by atoms with Gasteiger partial charge in [-0.1, -0.05) is 69.5 Å². The summed E-state index contributed by atoms with van der Waals surface area (Å²) in [5, 5.41) is 0. The molecule has 0 saturated heterocycles. The molecule has 0 bridgehead atoms. The first-order valence-corrected chi connectivity index (χ1v) is 11.9. The fraction of sp³-hybridized carbons (Fsp3) is 0.667. The van der Waals surface area contributed by atoms with Crippen molar-refractivity contribution < 1.29 is 0 Å². The molecular weight excluding hydrogens is 292 g/mol. The van der Waals surface area contributed by atoms with Crippen molar-refractivity contribution in [3.63, 3.8) is 0 Å². The minimum Gasteiger partial charge on any atom is -0.398 e. The van der Waals surface area contributed by atoms with Gasteiger partial charge in [0.2, 0.25) is 0 Å². The summed E-state index contributed by atoms with van der Waals surface area (Å²) in [7, 11) is 0.125. The molecule has 2 N–H and O–H groups in total. The summed E-state index contributed by atoms with van der Waals surface area (Å²) >= 11 is 0. The SMILES string of the molecule is CCP(CC)C(C)c1cccc(N)c1C(C)P(CC)CC. The predicted octanol–water partition coefficient (Wildman–Crippen LogP) is 6.43. The van der Waals surface area contributed by atoms with E-state index in [1.54, 1.807) is 0 Å². The van der Waals surface area contributed by atoms with Crippen LogP contribution in [0.5, 0.6) is 0 Å². The van der Waals surface area contributed by atoms with Crippen molar-refractivity contribution in [3.8, 4) is 0 Å². The molecule has 0 spiro atoms. The Bertz CT molecular complexity index is 425. The highest BCUT2D eigenvalue weighted by atomic mass is 31.1. The lowest BCUT2D eigenvalue weighted by molar-refractivity contribution is 0.973. The van der Waals surface area contributed by atoms with E-state index in [4.69, 9.17) is 5.73 Å². The third-order valence-corrected chi connectivity index (χ3v) is 10.7. The maximum atomic E-state index is 6.41. The van der Waals surface area contributed by atoms with Crippen LogP contribution in [0.4, 0.5) is 5.69 Å². The van der Waals surface area contributed by atoms with E-state index in [1.807, 2.05) is 0 Å². The van der Waals surface area contributed by atoms with E-state index >= 15 is 0 Å². The van der Waals surface area contributed by atoms with Gasteiger partial charge in [-0.3, -0.25) is 0 Å². The molecule has 0 radical (unpaired) electrons. The first kappa shape index (κ1) is 18.9. The van der Waals surface area contributed by atoms with Gasteiger partial charge >= 0.3 is 0 Å². The van der Waals surface area contributed by atoms with Crippen molar-refractivity contribution >= 4 is 21.5 Å². The Hall–Kier alpha value is -0.120. The van der Waals surface area contributed by atoms with E-state index in [0.29, 0.717) is 11.3 Å². The Morgan fingerprint density at radius 3 is 1.81 bits per heavy atom. The molecule has 0 fully saturated rings. The minimum atomic E-state index is 0.0485. The van der Waals surface area contributed by atoms with Gasteiger partial charge in [-0.05, 0) is 41.8 Å². The van der Waals surface area contributed by atoms with Crippen LogP contribution in [0.15, 0.2) is 18.2 Å². The van der Waals surface area contributed by atoms with E-state index in [2.05, 4.69) is 59.7 Å². The van der Waals surface area contributed by atoms with Crippen molar-refractivity contribution in [1.82, 2.24) is 0 Å². The minimum absolute atomic E-state index is 0.0485. The van der Waals surface area contributed by atoms with Gasteiger partial charge in [0.25, 0.3) is 0 Å². The van der Waals surface area contributed by atoms with Crippen LogP contribution in [0.2, 0.25) is 0 Å². The normalized spacial score (nSPS) is 14.7. The van der Waals surface area contributed by atoms with E-state index in [-0.39, 0.29) is 15.8 Å². The van der Waals surface area contributed by atoms with Crippen LogP contribution < -0.4 is 5.73 Å². The highest BCUT2D eigenvalue weighted by Crippen LogP contribution is 2.57. The molecule has 0 aliphatic heterocycles. The Morgan fingerprint density at radius 2 is 1.33 bits per heavy atom. The molecule has 2 atom stereocenters. The fourth-order valence-electron chi connectivity index (χ4n) is 3.37. The maximum absolute atomic E-state index is 6.41. The average molecular weight is 325 g/mol. The zero-order valence-corrected chi connectivity index (χ0v) is 16.5. The smallest absolute Gasteiger partial charge is 0.0355 e. The highest BCUT2D eigenvalue weighted by Gasteiger charge is 2.25. The first-order valence-electron chi connectivity index (χ1n) is 8.37. The topological polar surface area (TPSA) is 26.0 Å². The molecule has 1 rings (SSSR count). The van der Waals surface area contributed by atoms with Crippen LogP contribution in [0, 0.1) is 0 Å². The summed E-state index contributed by atoms with van der Waals surface area (Å²) < 4.78 is 0. The van der Waals surface area contributed by atoms with Gasteiger partial charge in [0.1, 0.15) is 0 Å². The molecule has 0 aliphatic rings. The second kappa shape index (κ2) is 9.12. The second-order valence-corrected chi connectivity index (χ2v) is 12.1. The monoisotopic (exact) mass is 325 g/mol. The molecule has 0 saturated carbocycles. The first-order chi connectivity index (χ1) is 10.0. The van der Waals surface area contributed by atoms with E-state index < -0.39 is 0 Å². The molecule has 1 aromatic carbocycles. The van der Waals surface area contributed by atoms with Crippen LogP contribution in [0.3, 0.4) is 0 Å². The third kappa shape index (κ3) is 4.43. The van der Waals surface area contributed by atoms with Crippen molar-refractivity contribution in [3.05, 3.63) is 29.3 Å². The van der Waals surface area contributed by atoms with Gasteiger partial charge in [-0.2, -0.15) is 0 Å². The Kier molecular flexibility index (Phi) is 8.22. The lowest BCUT2D eigenvalue weighted by Gasteiger charge is -2.31. The highest BCUT2D eigenvalue weighted by molar-refractivity contribution is 7.58. The molecule has 1 nitrogen and oxygen atoms in total. The van der Waals surface area contributed by atoms with Gasteiger partial charge in [-0.15, -0.1) is 0 Å². The van der Waals surface area contributed by atoms with Crippen molar-refractivity contribution in [2.75, 3.05) is 30.4 Å². The summed E-state index contributed by atoms with van der Waals surface area (Å²) in [6, 6.07) is 6.59. The summed E-state index contributed by atoms with van der Waals surface area (Å²) in [6.45, 7) is 14.2. The molecule has 0 aliphatic carbocycles. The molecule has 3 heteroatoms. The van der Waals surface area contributed by atoms with Gasteiger partial charge < -0.3 is 5.73 Å². The lowest BCUT2D eigenvalue weighted by atomic mass is 10.0. The van der Waals surface area contributed by atoms with Gasteiger partial charge in [0.15, 0.2) is 0 Å². The zero-order chi connectivity index (χ0) is 16.0. The summed E-state index contributed by atoms with van der Waals surface area (Å²) in [6.07, 6.45) is 5.22. The summed E-state index contributed by atoms with van der Waals surface area (Å²) in [4.78, 5) is 0. The Morgan fingerprint density at radius 1 is 0.857 bits per heavy atom. The number of anilines is 1. The number of hydrogen-bond acceptors (Lipinski definition) is 1. The second-order valence-electron chi connectivity index (χ2n) is 5.64. The molecule has 21 heavy (non-hydrogen) atoms. The number of hydrogen-bond donors (Lipinski definition) is 1. The van der Waals surface area contributed by atoms with Gasteiger partial charge in [-0.25, -0.2) is 0 Å². The Labute approximate surface area is 134 Å². The van der Waals surface area contributed by atoms with Crippen LogP contribution in [0.25, 0.3) is 0 Å². The zero-order valence-electron chi connectivity index (χ0n) is 14.7. The largest absolute Gasteiger partial charge is 0.398 e. The van der Waals surface area contributed by atoms with Gasteiger partial charge in [0.05, 0.1) is 0 Å². The molecule has 0 amide bonds. The van der Waals surface area contributed by atoms with E-state index in [1.165, 1.54) is 35.8 Å². The van der Waals surface area contributed by atoms with E-state index in [0.717, 1.165) is 5.69 Å². The lowest BCUT2D eigenvalue weighted by Crippen LogP contribution is -2.08. The number of nitrogen functional groups attached to an aromatic ring is 1. The third-order valence-electron chi connectivity index (χ3n) is 4.76.